The van der Waals surface area contributed by atoms with Crippen molar-refractivity contribution in [1.29, 1.82) is 0 Å². The highest BCUT2D eigenvalue weighted by molar-refractivity contribution is 6.11. The van der Waals surface area contributed by atoms with Gasteiger partial charge in [-0.3, -0.25) is 4.79 Å². The third-order valence-electron chi connectivity index (χ3n) is 4.13. The third kappa shape index (κ3) is 2.72. The molecule has 0 atom stereocenters. The van der Waals surface area contributed by atoms with Crippen LogP contribution in [-0.2, 0) is 0 Å². The molecule has 0 aliphatic rings. The fourth-order valence-electron chi connectivity index (χ4n) is 2.89. The van der Waals surface area contributed by atoms with Crippen molar-refractivity contribution in [2.45, 2.75) is 0 Å². The lowest BCUT2D eigenvalue weighted by atomic mass is 10.1. The lowest BCUT2D eigenvalue weighted by Gasteiger charge is -2.02. The van der Waals surface area contributed by atoms with Gasteiger partial charge in [-0.25, -0.2) is 5.43 Å². The van der Waals surface area contributed by atoms with Gasteiger partial charge >= 0.3 is 0 Å². The monoisotopic (exact) mass is 329 g/mol. The van der Waals surface area contributed by atoms with Gasteiger partial charge in [0.1, 0.15) is 5.75 Å². The van der Waals surface area contributed by atoms with E-state index >= 15 is 0 Å². The van der Waals surface area contributed by atoms with Crippen LogP contribution in [0.1, 0.15) is 15.9 Å². The summed E-state index contributed by atoms with van der Waals surface area (Å²) in [6.07, 6.45) is 3.44. The Morgan fingerprint density at radius 2 is 1.80 bits per heavy atom. The van der Waals surface area contributed by atoms with Crippen molar-refractivity contribution >= 4 is 33.8 Å². The maximum Gasteiger partial charge on any atom is 0.275 e. The summed E-state index contributed by atoms with van der Waals surface area (Å²) in [5.74, 6) is -0.534. The van der Waals surface area contributed by atoms with Crippen LogP contribution in [0, 0.1) is 0 Å². The van der Waals surface area contributed by atoms with E-state index in [1.807, 2.05) is 24.4 Å². The number of nitrogens with zero attached hydrogens (tertiary/aromatic N) is 1. The van der Waals surface area contributed by atoms with Crippen LogP contribution in [0.4, 0.5) is 0 Å². The van der Waals surface area contributed by atoms with Gasteiger partial charge in [0.05, 0.1) is 17.3 Å². The number of nitrogens with one attached hydrogen (secondary N) is 2. The third-order valence-corrected chi connectivity index (χ3v) is 4.13. The van der Waals surface area contributed by atoms with Crippen molar-refractivity contribution < 1.29 is 9.90 Å². The Morgan fingerprint density at radius 1 is 1.00 bits per heavy atom. The smallest absolute Gasteiger partial charge is 0.275 e. The van der Waals surface area contributed by atoms with E-state index < -0.39 is 5.91 Å². The van der Waals surface area contributed by atoms with Crippen molar-refractivity contribution in [3.05, 3.63) is 78.0 Å². The number of aromatic hydroxyl groups is 1. The summed E-state index contributed by atoms with van der Waals surface area (Å²) in [6, 6.07) is 18.6. The summed E-state index contributed by atoms with van der Waals surface area (Å²) in [5, 5.41) is 17.0. The quantitative estimate of drug-likeness (QED) is 0.395. The fourth-order valence-corrected chi connectivity index (χ4v) is 2.89. The Balaban J connectivity index is 1.61. The number of phenolic OH excluding ortho intramolecular Hbond substituents is 1. The first kappa shape index (κ1) is 15.0. The SMILES string of the molecule is O=C(NN=Cc1c[nH]c2c1ccc1ccccc12)c1ccccc1O. The average Bonchev–Trinajstić information content (AvgIpc) is 3.05. The molecular weight excluding hydrogens is 314 g/mol. The largest absolute Gasteiger partial charge is 0.507 e. The molecule has 5 heteroatoms. The first-order valence-corrected chi connectivity index (χ1v) is 7.84. The molecule has 0 fully saturated rings. The zero-order valence-electron chi connectivity index (χ0n) is 13.2. The minimum atomic E-state index is -0.459. The van der Waals surface area contributed by atoms with E-state index in [-0.39, 0.29) is 11.3 Å². The second-order valence-electron chi connectivity index (χ2n) is 5.67. The molecule has 0 aliphatic carbocycles. The van der Waals surface area contributed by atoms with Crippen molar-refractivity contribution in [3.8, 4) is 5.75 Å². The van der Waals surface area contributed by atoms with Crippen LogP contribution in [0.2, 0.25) is 0 Å². The number of amides is 1. The number of rotatable bonds is 3. The van der Waals surface area contributed by atoms with E-state index in [1.54, 1.807) is 18.3 Å². The lowest BCUT2D eigenvalue weighted by molar-refractivity contribution is 0.0952. The van der Waals surface area contributed by atoms with Gasteiger partial charge in [-0.15, -0.1) is 0 Å². The molecule has 0 spiro atoms. The van der Waals surface area contributed by atoms with E-state index in [1.165, 1.54) is 12.1 Å². The van der Waals surface area contributed by atoms with Crippen LogP contribution in [-0.4, -0.2) is 22.2 Å². The van der Waals surface area contributed by atoms with E-state index in [9.17, 15) is 9.90 Å². The molecule has 4 aromatic rings. The first-order chi connectivity index (χ1) is 12.2. The highest BCUT2D eigenvalue weighted by atomic mass is 16.3. The molecule has 1 aromatic heterocycles. The maximum absolute atomic E-state index is 12.0. The van der Waals surface area contributed by atoms with Crippen LogP contribution < -0.4 is 5.43 Å². The number of phenols is 1. The number of carbonyl (C=O) groups is 1. The van der Waals surface area contributed by atoms with Crippen LogP contribution >= 0.6 is 0 Å². The molecular formula is C20H15N3O2. The molecule has 0 bridgehead atoms. The van der Waals surface area contributed by atoms with Crippen LogP contribution in [0.3, 0.4) is 0 Å². The molecule has 3 aromatic carbocycles. The van der Waals surface area contributed by atoms with Gasteiger partial charge in [-0.05, 0) is 17.5 Å². The predicted molar refractivity (Wildman–Crippen MR) is 99.0 cm³/mol. The minimum Gasteiger partial charge on any atom is -0.507 e. The van der Waals surface area contributed by atoms with E-state index in [0.717, 1.165) is 27.2 Å². The van der Waals surface area contributed by atoms with Crippen LogP contribution in [0.25, 0.3) is 21.7 Å². The molecule has 0 aliphatic heterocycles. The first-order valence-electron chi connectivity index (χ1n) is 7.84. The van der Waals surface area contributed by atoms with Crippen molar-refractivity contribution in [1.82, 2.24) is 10.4 Å². The number of carbonyl (C=O) groups excluding carboxylic acids is 1. The van der Waals surface area contributed by atoms with Gasteiger partial charge in [-0.2, -0.15) is 5.10 Å². The summed E-state index contributed by atoms with van der Waals surface area (Å²) < 4.78 is 0. The molecule has 122 valence electrons. The number of benzene rings is 3. The van der Waals surface area contributed by atoms with Gasteiger partial charge in [0.2, 0.25) is 0 Å². The van der Waals surface area contributed by atoms with E-state index in [2.05, 4.69) is 33.7 Å². The van der Waals surface area contributed by atoms with Gasteiger partial charge in [0.15, 0.2) is 0 Å². The summed E-state index contributed by atoms with van der Waals surface area (Å²) in [5.41, 5.74) is 4.53. The number of hydrogen-bond acceptors (Lipinski definition) is 3. The molecule has 4 rings (SSSR count). The zero-order chi connectivity index (χ0) is 17.2. The predicted octanol–water partition coefficient (Wildman–Crippen LogP) is 3.79. The zero-order valence-corrected chi connectivity index (χ0v) is 13.2. The second kappa shape index (κ2) is 6.13. The normalized spacial score (nSPS) is 11.4. The number of hydrazone groups is 1. The topological polar surface area (TPSA) is 77.5 Å². The standard InChI is InChI=1S/C20H15N3O2/c24-18-8-4-3-7-17(18)20(25)23-22-12-14-11-21-19-15-6-2-1-5-13(15)9-10-16(14)19/h1-12,21,24H,(H,23,25). The molecule has 1 heterocycles. The maximum atomic E-state index is 12.0. The van der Waals surface area contributed by atoms with Crippen LogP contribution in [0.15, 0.2) is 72.0 Å². The second-order valence-corrected chi connectivity index (χ2v) is 5.67. The highest BCUT2D eigenvalue weighted by Gasteiger charge is 2.09. The Bertz CT molecular complexity index is 1110. The van der Waals surface area contributed by atoms with Gasteiger partial charge in [0.25, 0.3) is 5.91 Å². The summed E-state index contributed by atoms with van der Waals surface area (Å²) >= 11 is 0. The molecule has 0 radical (unpaired) electrons. The lowest BCUT2D eigenvalue weighted by Crippen LogP contribution is -2.17. The number of H-pyrrole nitrogens is 1. The number of aromatic nitrogens is 1. The van der Waals surface area contributed by atoms with Gasteiger partial charge < -0.3 is 10.1 Å². The molecule has 0 saturated carbocycles. The number of hydrogen-bond donors (Lipinski definition) is 3. The van der Waals surface area contributed by atoms with E-state index in [0.29, 0.717) is 0 Å². The average molecular weight is 329 g/mol. The minimum absolute atomic E-state index is 0.0752. The Kier molecular flexibility index (Phi) is 3.67. The van der Waals surface area contributed by atoms with Crippen LogP contribution in [0.5, 0.6) is 5.75 Å². The molecule has 3 N–H and O–H groups in total. The molecule has 25 heavy (non-hydrogen) atoms. The Hall–Kier alpha value is -3.60. The summed E-state index contributed by atoms with van der Waals surface area (Å²) in [6.45, 7) is 0. The molecule has 0 unspecified atom stereocenters. The summed E-state index contributed by atoms with van der Waals surface area (Å²) in [7, 11) is 0. The molecule has 1 amide bonds. The number of aromatic amines is 1. The number of para-hydroxylation sites is 1. The fraction of sp³-hybridized carbons (Fsp3) is 0. The van der Waals surface area contributed by atoms with Gasteiger partial charge in [0, 0.05) is 22.5 Å². The van der Waals surface area contributed by atoms with Gasteiger partial charge in [-0.1, -0.05) is 48.5 Å². The molecule has 0 saturated heterocycles. The Morgan fingerprint density at radius 3 is 2.68 bits per heavy atom. The molecule has 5 nitrogen and oxygen atoms in total. The number of fused-ring (bicyclic) bond motifs is 3. The van der Waals surface area contributed by atoms with Crippen molar-refractivity contribution in [2.75, 3.05) is 0 Å². The van der Waals surface area contributed by atoms with E-state index in [4.69, 9.17) is 0 Å². The Labute approximate surface area is 143 Å². The highest BCUT2D eigenvalue weighted by Crippen LogP contribution is 2.26. The summed E-state index contributed by atoms with van der Waals surface area (Å²) in [4.78, 5) is 15.3. The van der Waals surface area contributed by atoms with Crippen molar-refractivity contribution in [3.63, 3.8) is 0 Å². The van der Waals surface area contributed by atoms with Crippen molar-refractivity contribution in [2.24, 2.45) is 5.10 Å².